The number of aromatic nitrogens is 3. The predicted octanol–water partition coefficient (Wildman–Crippen LogP) is 0.774. The molecular weight excluding hydrogens is 206 g/mol. The minimum absolute atomic E-state index is 0.00519. The van der Waals surface area contributed by atoms with Crippen molar-refractivity contribution in [3.63, 3.8) is 0 Å². The van der Waals surface area contributed by atoms with Gasteiger partial charge in [0.15, 0.2) is 5.52 Å². The highest BCUT2D eigenvalue weighted by atomic mass is 16.6. The first-order chi connectivity index (χ1) is 7.09. The van der Waals surface area contributed by atoms with Crippen LogP contribution in [0.15, 0.2) is 12.1 Å². The summed E-state index contributed by atoms with van der Waals surface area (Å²) in [5, 5.41) is 30.3. The number of rotatable bonds is 2. The first-order valence-electron chi connectivity index (χ1n) is 3.73. The normalized spacial score (nSPS) is 10.4. The summed E-state index contributed by atoms with van der Waals surface area (Å²) in [5.74, 6) is 0. The smallest absolute Gasteiger partial charge is 0.258 e. The van der Waals surface area contributed by atoms with E-state index < -0.39 is 15.5 Å². The number of benzene rings is 1. The predicted molar refractivity (Wildman–Crippen MR) is 47.2 cm³/mol. The Morgan fingerprint density at radius 1 is 1.13 bits per heavy atom. The van der Waals surface area contributed by atoms with E-state index in [2.05, 4.69) is 15.4 Å². The van der Waals surface area contributed by atoms with Gasteiger partial charge in [0.25, 0.3) is 5.69 Å². The van der Waals surface area contributed by atoms with E-state index >= 15 is 0 Å². The van der Waals surface area contributed by atoms with Gasteiger partial charge in [-0.25, -0.2) is 0 Å². The zero-order valence-electron chi connectivity index (χ0n) is 7.08. The lowest BCUT2D eigenvalue weighted by molar-refractivity contribution is -0.393. The maximum absolute atomic E-state index is 10.6. The van der Waals surface area contributed by atoms with Crippen LogP contribution in [0.5, 0.6) is 0 Å². The van der Waals surface area contributed by atoms with Gasteiger partial charge in [0.05, 0.1) is 15.9 Å². The van der Waals surface area contributed by atoms with Gasteiger partial charge in [0.2, 0.25) is 0 Å². The molecule has 1 heterocycles. The molecule has 0 saturated carbocycles. The van der Waals surface area contributed by atoms with Gasteiger partial charge in [-0.3, -0.25) is 20.2 Å². The molecule has 0 unspecified atom stereocenters. The topological polar surface area (TPSA) is 128 Å². The summed E-state index contributed by atoms with van der Waals surface area (Å²) in [6.45, 7) is 0. The molecule has 15 heavy (non-hydrogen) atoms. The number of nitro benzene ring substituents is 2. The van der Waals surface area contributed by atoms with Crippen LogP contribution in [0.3, 0.4) is 0 Å². The van der Waals surface area contributed by atoms with Crippen LogP contribution in [0.4, 0.5) is 11.4 Å². The zero-order valence-corrected chi connectivity index (χ0v) is 7.08. The standard InChI is InChI=1S/C6H3N5O4/c12-10(13)3-1-4-6(8-9-7-4)5(2-3)11(14)15/h1-2H,(H,7,8,9). The number of nitrogens with zero attached hydrogens (tertiary/aromatic N) is 4. The highest BCUT2D eigenvalue weighted by Crippen LogP contribution is 2.27. The van der Waals surface area contributed by atoms with Crippen LogP contribution in [-0.4, -0.2) is 25.3 Å². The average molecular weight is 209 g/mol. The zero-order chi connectivity index (χ0) is 11.0. The van der Waals surface area contributed by atoms with Gasteiger partial charge in [-0.2, -0.15) is 10.3 Å². The van der Waals surface area contributed by atoms with Gasteiger partial charge in [-0.1, -0.05) is 0 Å². The van der Waals surface area contributed by atoms with Crippen molar-refractivity contribution >= 4 is 22.4 Å². The largest absolute Gasteiger partial charge is 0.305 e. The fraction of sp³-hybridized carbons (Fsp3) is 0. The molecule has 0 spiro atoms. The quantitative estimate of drug-likeness (QED) is 0.574. The first kappa shape index (κ1) is 8.99. The molecule has 0 saturated heterocycles. The Balaban J connectivity index is 2.80. The molecule has 0 bridgehead atoms. The van der Waals surface area contributed by atoms with Gasteiger partial charge in [0, 0.05) is 6.07 Å². The van der Waals surface area contributed by atoms with E-state index in [0.29, 0.717) is 0 Å². The van der Waals surface area contributed by atoms with Crippen molar-refractivity contribution in [1.29, 1.82) is 0 Å². The van der Waals surface area contributed by atoms with Crippen molar-refractivity contribution in [3.8, 4) is 0 Å². The monoisotopic (exact) mass is 209 g/mol. The minimum atomic E-state index is -0.738. The summed E-state index contributed by atoms with van der Waals surface area (Å²) in [4.78, 5) is 19.6. The molecule has 1 aromatic carbocycles. The second-order valence-corrected chi connectivity index (χ2v) is 2.67. The van der Waals surface area contributed by atoms with Gasteiger partial charge in [0.1, 0.15) is 5.52 Å². The van der Waals surface area contributed by atoms with Crippen molar-refractivity contribution in [1.82, 2.24) is 15.4 Å². The maximum Gasteiger partial charge on any atom is 0.305 e. The Morgan fingerprint density at radius 2 is 1.87 bits per heavy atom. The summed E-state index contributed by atoms with van der Waals surface area (Å²) in [7, 11) is 0. The highest BCUT2D eigenvalue weighted by Gasteiger charge is 2.21. The van der Waals surface area contributed by atoms with Gasteiger partial charge >= 0.3 is 5.69 Å². The first-order valence-corrected chi connectivity index (χ1v) is 3.73. The van der Waals surface area contributed by atoms with E-state index in [9.17, 15) is 20.2 Å². The lowest BCUT2D eigenvalue weighted by atomic mass is 10.2. The molecule has 2 aromatic rings. The summed E-state index contributed by atoms with van der Waals surface area (Å²) < 4.78 is 0. The van der Waals surface area contributed by atoms with Gasteiger partial charge in [-0.05, 0) is 0 Å². The van der Waals surface area contributed by atoms with E-state index in [4.69, 9.17) is 0 Å². The Hall–Kier alpha value is -2.58. The molecule has 76 valence electrons. The number of aromatic amines is 1. The Bertz CT molecular complexity index is 562. The SMILES string of the molecule is O=[N+]([O-])c1cc([N+](=O)[O-])c2n[nH]nc2c1. The van der Waals surface area contributed by atoms with Gasteiger partial charge < -0.3 is 0 Å². The number of nitro groups is 2. The van der Waals surface area contributed by atoms with E-state index in [1.54, 1.807) is 0 Å². The Kier molecular flexibility index (Phi) is 1.78. The third-order valence-electron chi connectivity index (χ3n) is 1.79. The van der Waals surface area contributed by atoms with Crippen molar-refractivity contribution in [3.05, 3.63) is 32.4 Å². The van der Waals surface area contributed by atoms with E-state index in [0.717, 1.165) is 12.1 Å². The molecule has 9 nitrogen and oxygen atoms in total. The van der Waals surface area contributed by atoms with E-state index in [1.807, 2.05) is 0 Å². The molecule has 0 amide bonds. The van der Waals surface area contributed by atoms with Crippen LogP contribution in [0.1, 0.15) is 0 Å². The lowest BCUT2D eigenvalue weighted by Crippen LogP contribution is -1.93. The minimum Gasteiger partial charge on any atom is -0.258 e. The molecule has 0 atom stereocenters. The Labute approximate surface area is 81.0 Å². The molecule has 0 aliphatic heterocycles. The van der Waals surface area contributed by atoms with Crippen LogP contribution >= 0.6 is 0 Å². The molecule has 0 radical (unpaired) electrons. The second-order valence-electron chi connectivity index (χ2n) is 2.67. The molecule has 0 aliphatic rings. The number of non-ortho nitro benzene ring substituents is 2. The second kappa shape index (κ2) is 2.97. The maximum atomic E-state index is 10.6. The molecule has 9 heteroatoms. The molecular formula is C6H3N5O4. The molecule has 0 fully saturated rings. The third kappa shape index (κ3) is 1.35. The van der Waals surface area contributed by atoms with E-state index in [-0.39, 0.29) is 16.7 Å². The molecule has 0 aliphatic carbocycles. The number of hydrogen-bond donors (Lipinski definition) is 1. The molecule has 1 aromatic heterocycles. The number of nitrogens with one attached hydrogen (secondary N) is 1. The van der Waals surface area contributed by atoms with Crippen LogP contribution in [0.25, 0.3) is 11.0 Å². The fourth-order valence-corrected chi connectivity index (χ4v) is 1.16. The summed E-state index contributed by atoms with van der Waals surface area (Å²) in [5.41, 5.74) is -0.724. The van der Waals surface area contributed by atoms with Crippen LogP contribution in [0.2, 0.25) is 0 Å². The molecule has 1 N–H and O–H groups in total. The number of hydrogen-bond acceptors (Lipinski definition) is 6. The van der Waals surface area contributed by atoms with Crippen molar-refractivity contribution in [2.75, 3.05) is 0 Å². The van der Waals surface area contributed by atoms with Crippen molar-refractivity contribution in [2.45, 2.75) is 0 Å². The highest BCUT2D eigenvalue weighted by molar-refractivity contribution is 5.86. The number of fused-ring (bicyclic) bond motifs is 1. The van der Waals surface area contributed by atoms with Crippen molar-refractivity contribution in [2.24, 2.45) is 0 Å². The summed E-state index contributed by atoms with van der Waals surface area (Å²) >= 11 is 0. The van der Waals surface area contributed by atoms with E-state index in [1.165, 1.54) is 0 Å². The molecule has 2 rings (SSSR count). The van der Waals surface area contributed by atoms with Crippen molar-refractivity contribution < 1.29 is 9.85 Å². The average Bonchev–Trinajstić information content (AvgIpc) is 2.62. The fourth-order valence-electron chi connectivity index (χ4n) is 1.16. The Morgan fingerprint density at radius 3 is 2.47 bits per heavy atom. The number of H-pyrrole nitrogens is 1. The summed E-state index contributed by atoms with van der Waals surface area (Å²) in [6, 6.07) is 1.97. The van der Waals surface area contributed by atoms with Gasteiger partial charge in [-0.15, -0.1) is 5.10 Å². The van der Waals surface area contributed by atoms with Crippen LogP contribution in [-0.2, 0) is 0 Å². The third-order valence-corrected chi connectivity index (χ3v) is 1.79. The lowest BCUT2D eigenvalue weighted by Gasteiger charge is -1.92. The van der Waals surface area contributed by atoms with Crippen LogP contribution < -0.4 is 0 Å². The summed E-state index contributed by atoms with van der Waals surface area (Å²) in [6.07, 6.45) is 0. The van der Waals surface area contributed by atoms with Crippen LogP contribution in [0, 0.1) is 20.2 Å².